The molecule has 3 aromatic heterocycles. The topological polar surface area (TPSA) is 39.9 Å². The van der Waals surface area contributed by atoms with Gasteiger partial charge < -0.3 is 9.80 Å². The second-order valence-corrected chi connectivity index (χ2v) is 10.1. The Labute approximate surface area is 202 Å². The van der Waals surface area contributed by atoms with Crippen LogP contribution in [0.3, 0.4) is 0 Å². The van der Waals surface area contributed by atoms with Crippen LogP contribution in [0.5, 0.6) is 0 Å². The molecule has 176 valence electrons. The van der Waals surface area contributed by atoms with Crippen LogP contribution in [0.4, 0.5) is 5.82 Å². The van der Waals surface area contributed by atoms with E-state index in [1.165, 1.54) is 24.1 Å². The fraction of sp³-hybridized carbons (Fsp3) is 0.538. The summed E-state index contributed by atoms with van der Waals surface area (Å²) in [6.45, 7) is 6.05. The summed E-state index contributed by atoms with van der Waals surface area (Å²) in [5, 5.41) is 0.743. The lowest BCUT2D eigenvalue weighted by Crippen LogP contribution is -2.32. The molecule has 0 amide bonds. The molecular weight excluding hydrogens is 432 g/mol. The first kappa shape index (κ1) is 22.6. The van der Waals surface area contributed by atoms with Crippen LogP contribution >= 0.6 is 11.6 Å². The number of fused-ring (bicyclic) bond motifs is 2. The van der Waals surface area contributed by atoms with Crippen LogP contribution in [0, 0.1) is 0 Å². The lowest BCUT2D eigenvalue weighted by Gasteiger charge is -2.34. The number of hydrogen-bond acceptors (Lipinski definition) is 5. The molecule has 5 rings (SSSR count). The first-order valence-corrected chi connectivity index (χ1v) is 12.7. The number of likely N-dealkylation sites (N-methyl/N-ethyl adjacent to an activating group) is 1. The summed E-state index contributed by atoms with van der Waals surface area (Å²) in [4.78, 5) is 17.1. The van der Waals surface area contributed by atoms with E-state index in [0.717, 1.165) is 67.8 Å². The average molecular weight is 467 g/mol. The van der Waals surface area contributed by atoms with Gasteiger partial charge in [-0.25, -0.2) is 4.98 Å². The monoisotopic (exact) mass is 466 g/mol. The molecule has 4 heterocycles. The molecule has 0 saturated carbocycles. The number of anilines is 1. The predicted octanol–water partition coefficient (Wildman–Crippen LogP) is 4.81. The number of rotatable bonds is 7. The van der Waals surface area contributed by atoms with E-state index in [1.54, 1.807) is 0 Å². The zero-order valence-corrected chi connectivity index (χ0v) is 20.8. The van der Waals surface area contributed by atoms with Crippen LogP contribution in [0.15, 0.2) is 36.5 Å². The van der Waals surface area contributed by atoms with Crippen LogP contribution in [-0.2, 0) is 13.0 Å². The largest absolute Gasteiger partial charge is 0.356 e. The fourth-order valence-electron chi connectivity index (χ4n) is 5.57. The Hall–Kier alpha value is -2.15. The molecule has 2 atom stereocenters. The van der Waals surface area contributed by atoms with Crippen LogP contribution < -0.4 is 4.90 Å². The van der Waals surface area contributed by atoms with E-state index in [0.29, 0.717) is 12.1 Å². The van der Waals surface area contributed by atoms with Crippen molar-refractivity contribution in [3.63, 3.8) is 0 Å². The summed E-state index contributed by atoms with van der Waals surface area (Å²) in [6, 6.07) is 11.5. The van der Waals surface area contributed by atoms with Gasteiger partial charge >= 0.3 is 0 Å². The Balaban J connectivity index is 1.46. The lowest BCUT2D eigenvalue weighted by molar-refractivity contribution is 0.164. The first-order valence-electron chi connectivity index (χ1n) is 12.3. The summed E-state index contributed by atoms with van der Waals surface area (Å²) in [5.74, 6) is 1.15. The number of pyridine rings is 2. The summed E-state index contributed by atoms with van der Waals surface area (Å²) >= 11 is 7.04. The number of halogens is 1. The molecule has 0 N–H and O–H groups in total. The highest BCUT2D eigenvalue weighted by molar-refractivity contribution is 6.30. The van der Waals surface area contributed by atoms with Gasteiger partial charge in [-0.3, -0.25) is 14.3 Å². The predicted molar refractivity (Wildman–Crippen MR) is 135 cm³/mol. The summed E-state index contributed by atoms with van der Waals surface area (Å²) in [7, 11) is 4.33. The molecule has 0 aromatic carbocycles. The van der Waals surface area contributed by atoms with Crippen molar-refractivity contribution in [3.8, 4) is 0 Å². The van der Waals surface area contributed by atoms with E-state index >= 15 is 0 Å². The molecule has 0 unspecified atom stereocenters. The van der Waals surface area contributed by atoms with E-state index in [-0.39, 0.29) is 0 Å². The van der Waals surface area contributed by atoms with Crippen molar-refractivity contribution < 1.29 is 0 Å². The van der Waals surface area contributed by atoms with Gasteiger partial charge in [-0.15, -0.1) is 0 Å². The molecule has 0 spiro atoms. The smallest absolute Gasteiger partial charge is 0.139 e. The molecule has 1 aliphatic heterocycles. The maximum absolute atomic E-state index is 7.04. The second-order valence-electron chi connectivity index (χ2n) is 9.71. The van der Waals surface area contributed by atoms with E-state index < -0.39 is 0 Å². The van der Waals surface area contributed by atoms with E-state index in [9.17, 15) is 0 Å². The van der Waals surface area contributed by atoms with Gasteiger partial charge in [0.2, 0.25) is 0 Å². The number of aryl methyl sites for hydroxylation is 1. The summed E-state index contributed by atoms with van der Waals surface area (Å²) in [5.41, 5.74) is 4.52. The third-order valence-corrected chi connectivity index (χ3v) is 7.71. The molecule has 1 saturated heterocycles. The van der Waals surface area contributed by atoms with Crippen molar-refractivity contribution >= 4 is 23.1 Å². The van der Waals surface area contributed by atoms with Crippen LogP contribution in [0.1, 0.15) is 55.6 Å². The third-order valence-electron chi connectivity index (χ3n) is 7.32. The average Bonchev–Trinajstić information content (AvgIpc) is 3.44. The lowest BCUT2D eigenvalue weighted by atomic mass is 9.90. The third kappa shape index (κ3) is 4.36. The van der Waals surface area contributed by atoms with Gasteiger partial charge in [0.25, 0.3) is 0 Å². The highest BCUT2D eigenvalue weighted by atomic mass is 35.5. The minimum Gasteiger partial charge on any atom is -0.356 e. The van der Waals surface area contributed by atoms with Gasteiger partial charge in [0.1, 0.15) is 16.6 Å². The van der Waals surface area contributed by atoms with Crippen molar-refractivity contribution in [3.05, 3.63) is 58.6 Å². The molecule has 1 aliphatic carbocycles. The Morgan fingerprint density at radius 3 is 2.82 bits per heavy atom. The standard InChI is InChI=1S/C26H35ClN6/c1-4-15-31(22-10-5-8-19-9-7-14-28-25(19)22)18-21-26(27)33-23(29-21)11-6-12-24(33)32-16-13-20(17-32)30(2)3/h6-7,9,11-12,14,20,22H,4-5,8,10,13,15-18H2,1-3H3/t20-,22+/m1/s1. The maximum atomic E-state index is 7.04. The quantitative estimate of drug-likeness (QED) is 0.499. The summed E-state index contributed by atoms with van der Waals surface area (Å²) < 4.78 is 2.14. The molecule has 0 radical (unpaired) electrons. The minimum atomic E-state index is 0.328. The van der Waals surface area contributed by atoms with E-state index in [4.69, 9.17) is 21.6 Å². The summed E-state index contributed by atoms with van der Waals surface area (Å²) in [6.07, 6.45) is 7.66. The number of imidazole rings is 1. The van der Waals surface area contributed by atoms with Gasteiger partial charge in [0.15, 0.2) is 0 Å². The number of hydrogen-bond donors (Lipinski definition) is 0. The van der Waals surface area contributed by atoms with Crippen LogP contribution in [-0.4, -0.2) is 63.9 Å². The number of aromatic nitrogens is 3. The van der Waals surface area contributed by atoms with Crippen molar-refractivity contribution in [2.45, 2.75) is 57.7 Å². The first-order chi connectivity index (χ1) is 16.1. The zero-order valence-electron chi connectivity index (χ0n) is 20.0. The van der Waals surface area contributed by atoms with Crippen molar-refractivity contribution in [2.24, 2.45) is 0 Å². The normalized spacial score (nSPS) is 20.8. The van der Waals surface area contributed by atoms with Gasteiger partial charge in [-0.1, -0.05) is 30.7 Å². The van der Waals surface area contributed by atoms with E-state index in [1.807, 2.05) is 6.20 Å². The van der Waals surface area contributed by atoms with Crippen molar-refractivity contribution in [1.29, 1.82) is 0 Å². The van der Waals surface area contributed by atoms with Gasteiger partial charge in [-0.2, -0.15) is 0 Å². The SMILES string of the molecule is CCCN(Cc1nc2cccc(N3CC[C@@H](N(C)C)C3)n2c1Cl)[C@H]1CCCc2cccnc21. The second kappa shape index (κ2) is 9.61. The van der Waals surface area contributed by atoms with Crippen molar-refractivity contribution in [2.75, 3.05) is 38.6 Å². The Morgan fingerprint density at radius 2 is 2.03 bits per heavy atom. The molecule has 2 aliphatic rings. The Bertz CT molecular complexity index is 1110. The van der Waals surface area contributed by atoms with Gasteiger partial charge in [0.05, 0.1) is 17.4 Å². The molecule has 0 bridgehead atoms. The minimum absolute atomic E-state index is 0.328. The molecule has 1 fully saturated rings. The zero-order chi connectivity index (χ0) is 22.9. The molecule has 33 heavy (non-hydrogen) atoms. The van der Waals surface area contributed by atoms with E-state index in [2.05, 4.69) is 70.5 Å². The Kier molecular flexibility index (Phi) is 6.59. The highest BCUT2D eigenvalue weighted by Gasteiger charge is 2.30. The maximum Gasteiger partial charge on any atom is 0.139 e. The van der Waals surface area contributed by atoms with Gasteiger partial charge in [-0.05, 0) is 76.5 Å². The number of nitrogens with zero attached hydrogens (tertiary/aromatic N) is 6. The van der Waals surface area contributed by atoms with Crippen LogP contribution in [0.25, 0.3) is 5.65 Å². The molecule has 7 heteroatoms. The van der Waals surface area contributed by atoms with Crippen LogP contribution in [0.2, 0.25) is 5.15 Å². The molecule has 3 aromatic rings. The molecule has 6 nitrogen and oxygen atoms in total. The fourth-order valence-corrected chi connectivity index (χ4v) is 5.85. The Morgan fingerprint density at radius 1 is 1.15 bits per heavy atom. The molecular formula is C26H35ClN6. The van der Waals surface area contributed by atoms with Crippen molar-refractivity contribution in [1.82, 2.24) is 24.2 Å². The highest BCUT2D eigenvalue weighted by Crippen LogP contribution is 2.35. The van der Waals surface area contributed by atoms with Gasteiger partial charge in [0, 0.05) is 31.9 Å².